The van der Waals surface area contributed by atoms with E-state index in [-0.39, 0.29) is 23.8 Å². The Labute approximate surface area is 168 Å². The molecule has 3 amide bonds. The summed E-state index contributed by atoms with van der Waals surface area (Å²) >= 11 is 0. The maximum atomic E-state index is 12.6. The fraction of sp³-hybridized carbons (Fsp3) is 0.318. The first-order valence-electron chi connectivity index (χ1n) is 9.82. The summed E-state index contributed by atoms with van der Waals surface area (Å²) in [4.78, 5) is 37.2. The largest absolute Gasteiger partial charge is 0.465 e. The Morgan fingerprint density at radius 3 is 2.59 bits per heavy atom. The van der Waals surface area contributed by atoms with Gasteiger partial charge in [-0.15, -0.1) is 0 Å². The number of benzene rings is 2. The number of carbonyl (C=O) groups is 3. The minimum Gasteiger partial charge on any atom is -0.465 e. The number of piperidine rings is 1. The van der Waals surface area contributed by atoms with E-state index in [4.69, 9.17) is 5.11 Å². The monoisotopic (exact) mass is 393 g/mol. The predicted octanol–water partition coefficient (Wildman–Crippen LogP) is 3.58. The Morgan fingerprint density at radius 2 is 1.86 bits per heavy atom. The molecular weight excluding hydrogens is 370 g/mol. The van der Waals surface area contributed by atoms with E-state index >= 15 is 0 Å². The third-order valence-electron chi connectivity index (χ3n) is 5.44. The first-order chi connectivity index (χ1) is 14.0. The van der Waals surface area contributed by atoms with Gasteiger partial charge in [0.2, 0.25) is 5.91 Å². The normalized spacial score (nSPS) is 20.8. The lowest BCUT2D eigenvalue weighted by Crippen LogP contribution is -2.35. The molecule has 0 spiro atoms. The van der Waals surface area contributed by atoms with Gasteiger partial charge < -0.3 is 20.6 Å². The standard InChI is InChI=1S/C22H23N3O4/c26-20-6-1-2-11-25(20)17-5-3-4-15(12-17)21(27)23-16-9-7-14(8-10-16)18-13-19(18)24-22(28)29/h3-5,7-10,12,18-19,24H,1-2,6,11,13H2,(H,23,27)(H,28,29). The third-order valence-corrected chi connectivity index (χ3v) is 5.44. The van der Waals surface area contributed by atoms with Crippen LogP contribution in [0, 0.1) is 0 Å². The quantitative estimate of drug-likeness (QED) is 0.723. The molecule has 1 heterocycles. The lowest BCUT2D eigenvalue weighted by Gasteiger charge is -2.27. The molecule has 2 fully saturated rings. The van der Waals surface area contributed by atoms with Gasteiger partial charge in [0.1, 0.15) is 0 Å². The van der Waals surface area contributed by atoms with Crippen molar-refractivity contribution >= 4 is 29.3 Å². The highest BCUT2D eigenvalue weighted by molar-refractivity contribution is 6.05. The van der Waals surface area contributed by atoms with Crippen molar-refractivity contribution < 1.29 is 19.5 Å². The van der Waals surface area contributed by atoms with E-state index in [1.54, 1.807) is 23.1 Å². The molecule has 150 valence electrons. The van der Waals surface area contributed by atoms with Crippen LogP contribution in [0.3, 0.4) is 0 Å². The van der Waals surface area contributed by atoms with Crippen molar-refractivity contribution in [2.24, 2.45) is 0 Å². The van der Waals surface area contributed by atoms with E-state index in [9.17, 15) is 14.4 Å². The Bertz CT molecular complexity index is 941. The van der Waals surface area contributed by atoms with Gasteiger partial charge in [0.15, 0.2) is 0 Å². The maximum Gasteiger partial charge on any atom is 0.404 e. The number of nitrogens with one attached hydrogen (secondary N) is 2. The number of carbonyl (C=O) groups excluding carboxylic acids is 2. The van der Waals surface area contributed by atoms with Gasteiger partial charge >= 0.3 is 6.09 Å². The Hall–Kier alpha value is -3.35. The Morgan fingerprint density at radius 1 is 1.07 bits per heavy atom. The van der Waals surface area contributed by atoms with Crippen molar-refractivity contribution in [3.05, 3.63) is 59.7 Å². The van der Waals surface area contributed by atoms with Crippen molar-refractivity contribution in [2.45, 2.75) is 37.6 Å². The topological polar surface area (TPSA) is 98.7 Å². The van der Waals surface area contributed by atoms with Crippen molar-refractivity contribution in [2.75, 3.05) is 16.8 Å². The second kappa shape index (κ2) is 7.95. The number of hydrogen-bond acceptors (Lipinski definition) is 3. The molecule has 1 saturated heterocycles. The molecule has 3 N–H and O–H groups in total. The summed E-state index contributed by atoms with van der Waals surface area (Å²) in [6, 6.07) is 14.5. The molecule has 0 radical (unpaired) electrons. The van der Waals surface area contributed by atoms with E-state index in [0.29, 0.717) is 24.2 Å². The number of rotatable bonds is 5. The SMILES string of the molecule is O=C(O)NC1CC1c1ccc(NC(=O)c2cccc(N3CCCCC3=O)c2)cc1. The van der Waals surface area contributed by atoms with Crippen LogP contribution in [-0.4, -0.2) is 35.6 Å². The summed E-state index contributed by atoms with van der Waals surface area (Å²) in [7, 11) is 0. The van der Waals surface area contributed by atoms with Gasteiger partial charge in [-0.05, 0) is 55.2 Å². The van der Waals surface area contributed by atoms with E-state index < -0.39 is 6.09 Å². The van der Waals surface area contributed by atoms with Crippen molar-refractivity contribution in [3.63, 3.8) is 0 Å². The molecular formula is C22H23N3O4. The minimum absolute atomic E-state index is 0.0341. The zero-order valence-corrected chi connectivity index (χ0v) is 15.9. The predicted molar refractivity (Wildman–Crippen MR) is 109 cm³/mol. The molecule has 4 rings (SSSR count). The molecule has 2 unspecified atom stereocenters. The summed E-state index contributed by atoms with van der Waals surface area (Å²) in [5.74, 6) is 0.0516. The van der Waals surface area contributed by atoms with E-state index in [0.717, 1.165) is 30.5 Å². The molecule has 0 bridgehead atoms. The van der Waals surface area contributed by atoms with Crippen LogP contribution < -0.4 is 15.5 Å². The zero-order chi connectivity index (χ0) is 20.4. The average molecular weight is 393 g/mol. The molecule has 2 aliphatic rings. The zero-order valence-electron chi connectivity index (χ0n) is 15.9. The van der Waals surface area contributed by atoms with Gasteiger partial charge in [-0.1, -0.05) is 18.2 Å². The summed E-state index contributed by atoms with van der Waals surface area (Å²) in [6.45, 7) is 0.685. The highest BCUT2D eigenvalue weighted by atomic mass is 16.4. The molecule has 2 aromatic rings. The van der Waals surface area contributed by atoms with Crippen molar-refractivity contribution in [1.82, 2.24) is 5.32 Å². The number of amides is 3. The molecule has 29 heavy (non-hydrogen) atoms. The number of nitrogens with zero attached hydrogens (tertiary/aromatic N) is 1. The summed E-state index contributed by atoms with van der Waals surface area (Å²) in [6.07, 6.45) is 2.22. The van der Waals surface area contributed by atoms with Crippen molar-refractivity contribution in [3.8, 4) is 0 Å². The molecule has 7 nitrogen and oxygen atoms in total. The summed E-state index contributed by atoms with van der Waals surface area (Å²) < 4.78 is 0. The van der Waals surface area contributed by atoms with Gasteiger partial charge in [-0.3, -0.25) is 9.59 Å². The Kier molecular flexibility index (Phi) is 5.20. The fourth-order valence-corrected chi connectivity index (χ4v) is 3.79. The van der Waals surface area contributed by atoms with Gasteiger partial charge in [-0.25, -0.2) is 4.79 Å². The number of hydrogen-bond donors (Lipinski definition) is 3. The van der Waals surface area contributed by atoms with Gasteiger partial charge in [0, 0.05) is 41.9 Å². The highest BCUT2D eigenvalue weighted by Gasteiger charge is 2.39. The van der Waals surface area contributed by atoms with Crippen LogP contribution in [0.1, 0.15) is 47.5 Å². The summed E-state index contributed by atoms with van der Waals surface area (Å²) in [5.41, 5.74) is 2.97. The Balaban J connectivity index is 1.40. The number of carboxylic acid groups (broad SMARTS) is 1. The average Bonchev–Trinajstić information content (AvgIpc) is 3.47. The maximum absolute atomic E-state index is 12.6. The van der Waals surface area contributed by atoms with E-state index in [1.807, 2.05) is 30.3 Å². The van der Waals surface area contributed by atoms with Crippen LogP contribution in [-0.2, 0) is 4.79 Å². The van der Waals surface area contributed by atoms with E-state index in [2.05, 4.69) is 10.6 Å². The second-order valence-corrected chi connectivity index (χ2v) is 7.53. The van der Waals surface area contributed by atoms with Gasteiger partial charge in [0.25, 0.3) is 5.91 Å². The molecule has 0 aromatic heterocycles. The molecule has 1 aliphatic heterocycles. The van der Waals surface area contributed by atoms with Crippen LogP contribution in [0.5, 0.6) is 0 Å². The third kappa shape index (κ3) is 4.39. The van der Waals surface area contributed by atoms with Crippen LogP contribution >= 0.6 is 0 Å². The summed E-state index contributed by atoms with van der Waals surface area (Å²) in [5, 5.41) is 14.1. The fourth-order valence-electron chi connectivity index (χ4n) is 3.79. The van der Waals surface area contributed by atoms with Crippen LogP contribution in [0.4, 0.5) is 16.2 Å². The van der Waals surface area contributed by atoms with Crippen LogP contribution in [0.15, 0.2) is 48.5 Å². The van der Waals surface area contributed by atoms with Crippen molar-refractivity contribution in [1.29, 1.82) is 0 Å². The molecule has 2 aromatic carbocycles. The first-order valence-corrected chi connectivity index (χ1v) is 9.82. The van der Waals surface area contributed by atoms with Gasteiger partial charge in [-0.2, -0.15) is 0 Å². The lowest BCUT2D eigenvalue weighted by molar-refractivity contribution is -0.119. The van der Waals surface area contributed by atoms with E-state index in [1.165, 1.54) is 0 Å². The lowest BCUT2D eigenvalue weighted by atomic mass is 10.1. The molecule has 2 atom stereocenters. The van der Waals surface area contributed by atoms with Crippen LogP contribution in [0.2, 0.25) is 0 Å². The minimum atomic E-state index is -1.00. The first kappa shape index (κ1) is 19.0. The smallest absolute Gasteiger partial charge is 0.404 e. The van der Waals surface area contributed by atoms with Crippen LogP contribution in [0.25, 0.3) is 0 Å². The molecule has 1 aliphatic carbocycles. The van der Waals surface area contributed by atoms with Gasteiger partial charge in [0.05, 0.1) is 0 Å². The molecule has 1 saturated carbocycles. The molecule has 7 heteroatoms. The highest BCUT2D eigenvalue weighted by Crippen LogP contribution is 2.41. The second-order valence-electron chi connectivity index (χ2n) is 7.53. The number of anilines is 2.